The molecule has 106 valence electrons. The fraction of sp³-hybridized carbons (Fsp3) is 0.692. The number of aromatic nitrogens is 1. The molecule has 1 N–H and O–H groups in total. The number of hydrogen-bond acceptors (Lipinski definition) is 5. The molecule has 1 aromatic rings. The molecule has 0 aromatic carbocycles. The van der Waals surface area contributed by atoms with Crippen molar-refractivity contribution >= 4 is 22.6 Å². The monoisotopic (exact) mass is 283 g/mol. The molecular formula is C13H21N3O2S. The zero-order chi connectivity index (χ0) is 14.0. The minimum absolute atomic E-state index is 0.0493. The molecule has 1 aliphatic rings. The normalized spacial score (nSPS) is 19.6. The Morgan fingerprint density at radius 1 is 1.58 bits per heavy atom. The van der Waals surface area contributed by atoms with Gasteiger partial charge in [0.15, 0.2) is 5.13 Å². The minimum Gasteiger partial charge on any atom is -0.444 e. The summed E-state index contributed by atoms with van der Waals surface area (Å²) in [5.74, 6) is 0. The van der Waals surface area contributed by atoms with E-state index in [9.17, 15) is 4.79 Å². The summed E-state index contributed by atoms with van der Waals surface area (Å²) in [6.07, 6.45) is 1.71. The number of rotatable bonds is 2. The highest BCUT2D eigenvalue weighted by molar-refractivity contribution is 7.13. The van der Waals surface area contributed by atoms with Crippen LogP contribution in [0.5, 0.6) is 0 Å². The molecule has 1 fully saturated rings. The average molecular weight is 283 g/mol. The van der Waals surface area contributed by atoms with Gasteiger partial charge in [-0.3, -0.25) is 4.90 Å². The van der Waals surface area contributed by atoms with Crippen molar-refractivity contribution in [1.29, 1.82) is 0 Å². The van der Waals surface area contributed by atoms with Crippen molar-refractivity contribution in [1.82, 2.24) is 9.88 Å². The molecule has 0 spiro atoms. The predicted molar refractivity (Wildman–Crippen MR) is 76.6 cm³/mol. The van der Waals surface area contributed by atoms with E-state index in [1.54, 1.807) is 16.2 Å². The van der Waals surface area contributed by atoms with Gasteiger partial charge in [-0.1, -0.05) is 0 Å². The van der Waals surface area contributed by atoms with Crippen LogP contribution in [0.25, 0.3) is 0 Å². The van der Waals surface area contributed by atoms with Gasteiger partial charge < -0.3 is 10.1 Å². The fourth-order valence-electron chi connectivity index (χ4n) is 2.17. The fourth-order valence-corrected chi connectivity index (χ4v) is 2.89. The molecule has 1 aliphatic heterocycles. The van der Waals surface area contributed by atoms with Crippen LogP contribution >= 0.6 is 11.3 Å². The Bertz CT molecular complexity index is 453. The molecule has 1 atom stereocenters. The maximum absolute atomic E-state index is 12.2. The Hall–Kier alpha value is -1.30. The van der Waals surface area contributed by atoms with Gasteiger partial charge in [0.1, 0.15) is 5.60 Å². The number of nitrogens with zero attached hydrogens (tertiary/aromatic N) is 2. The standard InChI is InChI=1S/C13H21N3O2S/c1-13(2,3)18-12(17)16-7-5-6-10(16)9-8-19-11(14-4)15-9/h8,10H,5-7H2,1-4H3,(H,14,15). The molecule has 0 bridgehead atoms. The number of carbonyl (C=O) groups is 1. The topological polar surface area (TPSA) is 54.5 Å². The van der Waals surface area contributed by atoms with Gasteiger partial charge in [-0.2, -0.15) is 0 Å². The lowest BCUT2D eigenvalue weighted by atomic mass is 10.2. The molecule has 0 saturated carbocycles. The predicted octanol–water partition coefficient (Wildman–Crippen LogP) is 3.26. The highest BCUT2D eigenvalue weighted by Gasteiger charge is 2.34. The molecule has 6 heteroatoms. The van der Waals surface area contributed by atoms with Crippen molar-refractivity contribution in [3.8, 4) is 0 Å². The maximum atomic E-state index is 12.2. The van der Waals surface area contributed by atoms with E-state index < -0.39 is 5.60 Å². The number of nitrogens with one attached hydrogen (secondary N) is 1. The number of amides is 1. The van der Waals surface area contributed by atoms with Gasteiger partial charge in [-0.05, 0) is 33.6 Å². The first-order chi connectivity index (χ1) is 8.90. The maximum Gasteiger partial charge on any atom is 0.410 e. The number of hydrogen-bond donors (Lipinski definition) is 1. The lowest BCUT2D eigenvalue weighted by Gasteiger charge is -2.27. The van der Waals surface area contributed by atoms with Crippen molar-refractivity contribution in [2.75, 3.05) is 18.9 Å². The molecule has 1 amide bonds. The summed E-state index contributed by atoms with van der Waals surface area (Å²) in [6, 6.07) is 0.0493. The molecule has 2 heterocycles. The van der Waals surface area contributed by atoms with Crippen molar-refractivity contribution in [3.63, 3.8) is 0 Å². The molecule has 19 heavy (non-hydrogen) atoms. The minimum atomic E-state index is -0.456. The molecule has 2 rings (SSSR count). The summed E-state index contributed by atoms with van der Waals surface area (Å²) < 4.78 is 5.45. The third kappa shape index (κ3) is 3.37. The zero-order valence-corrected chi connectivity index (χ0v) is 12.7. The highest BCUT2D eigenvalue weighted by atomic mass is 32.1. The second kappa shape index (κ2) is 5.36. The summed E-state index contributed by atoms with van der Waals surface area (Å²) in [5, 5.41) is 5.92. The van der Waals surface area contributed by atoms with Crippen LogP contribution in [0.1, 0.15) is 45.3 Å². The van der Waals surface area contributed by atoms with Crippen molar-refractivity contribution in [2.24, 2.45) is 0 Å². The zero-order valence-electron chi connectivity index (χ0n) is 11.9. The molecule has 1 aromatic heterocycles. The number of likely N-dealkylation sites (tertiary alicyclic amines) is 1. The van der Waals surface area contributed by atoms with Crippen LogP contribution in [0.15, 0.2) is 5.38 Å². The number of thiazole rings is 1. The van der Waals surface area contributed by atoms with E-state index in [1.165, 1.54) is 0 Å². The van der Waals surface area contributed by atoms with Crippen molar-refractivity contribution in [2.45, 2.75) is 45.3 Å². The van der Waals surface area contributed by atoms with Gasteiger partial charge in [0.2, 0.25) is 0 Å². The first-order valence-electron chi connectivity index (χ1n) is 6.53. The molecule has 0 aliphatic carbocycles. The van der Waals surface area contributed by atoms with Crippen molar-refractivity contribution in [3.05, 3.63) is 11.1 Å². The summed E-state index contributed by atoms with van der Waals surface area (Å²) in [4.78, 5) is 18.5. The number of anilines is 1. The van der Waals surface area contributed by atoms with Gasteiger partial charge in [-0.15, -0.1) is 11.3 Å². The number of carbonyl (C=O) groups excluding carboxylic acids is 1. The van der Waals surface area contributed by atoms with Crippen LogP contribution in [-0.4, -0.2) is 35.2 Å². The van der Waals surface area contributed by atoms with Gasteiger partial charge >= 0.3 is 6.09 Å². The van der Waals surface area contributed by atoms with Crippen LogP contribution in [-0.2, 0) is 4.74 Å². The Labute approximate surface area is 118 Å². The average Bonchev–Trinajstić information content (AvgIpc) is 2.95. The molecule has 5 nitrogen and oxygen atoms in total. The molecule has 1 saturated heterocycles. The molecule has 0 radical (unpaired) electrons. The largest absolute Gasteiger partial charge is 0.444 e. The smallest absolute Gasteiger partial charge is 0.410 e. The Morgan fingerprint density at radius 2 is 2.32 bits per heavy atom. The quantitative estimate of drug-likeness (QED) is 0.905. The Balaban J connectivity index is 2.10. The van der Waals surface area contributed by atoms with Crippen LogP contribution in [0.3, 0.4) is 0 Å². The van der Waals surface area contributed by atoms with Crippen molar-refractivity contribution < 1.29 is 9.53 Å². The molecular weight excluding hydrogens is 262 g/mol. The third-order valence-electron chi connectivity index (χ3n) is 2.96. The second-order valence-electron chi connectivity index (χ2n) is 5.66. The first kappa shape index (κ1) is 14.1. The third-order valence-corrected chi connectivity index (χ3v) is 3.84. The number of ether oxygens (including phenoxy) is 1. The highest BCUT2D eigenvalue weighted by Crippen LogP contribution is 2.34. The van der Waals surface area contributed by atoms with E-state index in [4.69, 9.17) is 4.74 Å². The second-order valence-corrected chi connectivity index (χ2v) is 6.52. The van der Waals surface area contributed by atoms with E-state index in [1.807, 2.05) is 33.2 Å². The summed E-state index contributed by atoms with van der Waals surface area (Å²) in [5.41, 5.74) is 0.500. The van der Waals surface area contributed by atoms with Gasteiger partial charge in [0.25, 0.3) is 0 Å². The van der Waals surface area contributed by atoms with Gasteiger partial charge in [-0.25, -0.2) is 9.78 Å². The van der Waals surface area contributed by atoms with Gasteiger partial charge in [0, 0.05) is 19.0 Å². The van der Waals surface area contributed by atoms with Crippen LogP contribution in [0.4, 0.5) is 9.93 Å². The lowest BCUT2D eigenvalue weighted by Crippen LogP contribution is -2.36. The lowest BCUT2D eigenvalue weighted by molar-refractivity contribution is 0.0222. The van der Waals surface area contributed by atoms with Gasteiger partial charge in [0.05, 0.1) is 11.7 Å². The van der Waals surface area contributed by atoms with E-state index in [-0.39, 0.29) is 12.1 Å². The summed E-state index contributed by atoms with van der Waals surface area (Å²) in [7, 11) is 1.85. The van der Waals surface area contributed by atoms with E-state index in [2.05, 4.69) is 10.3 Å². The SMILES string of the molecule is CNc1nc(C2CCCN2C(=O)OC(C)(C)C)cs1. The summed E-state index contributed by atoms with van der Waals surface area (Å²) >= 11 is 1.56. The van der Waals surface area contributed by atoms with E-state index in [0.29, 0.717) is 0 Å². The first-order valence-corrected chi connectivity index (χ1v) is 7.41. The van der Waals surface area contributed by atoms with Crippen LogP contribution < -0.4 is 5.32 Å². The van der Waals surface area contributed by atoms with Crippen LogP contribution in [0.2, 0.25) is 0 Å². The Kier molecular flexibility index (Phi) is 3.99. The Morgan fingerprint density at radius 3 is 2.89 bits per heavy atom. The summed E-state index contributed by atoms with van der Waals surface area (Å²) in [6.45, 7) is 6.40. The van der Waals surface area contributed by atoms with E-state index in [0.717, 1.165) is 30.2 Å². The van der Waals surface area contributed by atoms with E-state index >= 15 is 0 Å². The van der Waals surface area contributed by atoms with Crippen LogP contribution in [0, 0.1) is 0 Å². The molecule has 1 unspecified atom stereocenters.